The van der Waals surface area contributed by atoms with Crippen molar-refractivity contribution in [2.75, 3.05) is 42.6 Å². The van der Waals surface area contributed by atoms with Crippen LogP contribution >= 0.6 is 0 Å². The number of ether oxygens (including phenoxy) is 1. The second-order valence-corrected chi connectivity index (χ2v) is 6.91. The molecule has 0 saturated carbocycles. The molecule has 8 nitrogen and oxygen atoms in total. The van der Waals surface area contributed by atoms with Crippen LogP contribution in [0.5, 0.6) is 0 Å². The summed E-state index contributed by atoms with van der Waals surface area (Å²) in [7, 11) is 0. The molecule has 1 aliphatic rings. The Labute approximate surface area is 176 Å². The molecule has 166 valence electrons. The molecule has 1 aromatic carbocycles. The number of pyridine rings is 1. The quantitative estimate of drug-likeness (QED) is 0.397. The second-order valence-electron chi connectivity index (χ2n) is 6.91. The molecular formula is C20H21F3N4O4. The first kappa shape index (κ1) is 22.3. The molecule has 1 saturated heterocycles. The molecule has 3 rings (SSSR count). The zero-order valence-electron chi connectivity index (χ0n) is 16.8. The maximum Gasteiger partial charge on any atom is 0.416 e. The molecule has 31 heavy (non-hydrogen) atoms. The lowest BCUT2D eigenvalue weighted by molar-refractivity contribution is -0.384. The Bertz CT molecular complexity index is 950. The molecule has 0 spiro atoms. The van der Waals surface area contributed by atoms with Gasteiger partial charge in [-0.2, -0.15) is 13.2 Å². The van der Waals surface area contributed by atoms with E-state index in [0.29, 0.717) is 50.0 Å². The lowest BCUT2D eigenvalue weighted by Gasteiger charge is -2.24. The van der Waals surface area contributed by atoms with Crippen LogP contribution < -0.4 is 9.80 Å². The highest BCUT2D eigenvalue weighted by molar-refractivity contribution is 5.89. The highest BCUT2D eigenvalue weighted by Gasteiger charge is 2.34. The molecule has 1 fully saturated rings. The fraction of sp³-hybridized carbons (Fsp3) is 0.400. The van der Waals surface area contributed by atoms with E-state index in [4.69, 9.17) is 4.74 Å². The molecule has 1 aliphatic heterocycles. The summed E-state index contributed by atoms with van der Waals surface area (Å²) in [4.78, 5) is 30.3. The first-order chi connectivity index (χ1) is 14.7. The molecule has 0 unspecified atom stereocenters. The van der Waals surface area contributed by atoms with Gasteiger partial charge in [0.25, 0.3) is 5.69 Å². The normalized spacial score (nSPS) is 14.8. The summed E-state index contributed by atoms with van der Waals surface area (Å²) in [5.41, 5.74) is -1.13. The van der Waals surface area contributed by atoms with Crippen molar-refractivity contribution >= 4 is 23.2 Å². The number of carbonyl (C=O) groups excluding carboxylic acids is 1. The average molecular weight is 438 g/mol. The molecule has 2 aromatic rings. The van der Waals surface area contributed by atoms with Gasteiger partial charge in [-0.25, -0.2) is 9.78 Å². The van der Waals surface area contributed by atoms with Crippen LogP contribution in [0.1, 0.15) is 29.3 Å². The molecule has 0 amide bonds. The summed E-state index contributed by atoms with van der Waals surface area (Å²) < 4.78 is 43.8. The van der Waals surface area contributed by atoms with E-state index in [0.717, 1.165) is 12.1 Å². The minimum Gasteiger partial charge on any atom is -0.462 e. The second kappa shape index (κ2) is 9.19. The first-order valence-electron chi connectivity index (χ1n) is 9.69. The number of nitro groups is 1. The van der Waals surface area contributed by atoms with Crippen molar-refractivity contribution in [3.8, 4) is 0 Å². The topological polar surface area (TPSA) is 88.8 Å². The zero-order chi connectivity index (χ0) is 22.6. The molecule has 2 heterocycles. The lowest BCUT2D eigenvalue weighted by Crippen LogP contribution is -2.31. The number of halogens is 3. The largest absolute Gasteiger partial charge is 0.462 e. The zero-order valence-corrected chi connectivity index (χ0v) is 16.8. The molecule has 1 aromatic heterocycles. The van der Waals surface area contributed by atoms with Crippen molar-refractivity contribution in [3.63, 3.8) is 0 Å². The predicted octanol–water partition coefficient (Wildman–Crippen LogP) is 3.90. The molecule has 0 aliphatic carbocycles. The SMILES string of the molecule is CCOC(=O)c1ccc(N2CCCN(c3ccc(C(F)(F)F)cc3[N+](=O)[O-])CC2)nc1. The highest BCUT2D eigenvalue weighted by Crippen LogP contribution is 2.36. The number of esters is 1. The van der Waals surface area contributed by atoms with Crippen LogP contribution in [-0.2, 0) is 10.9 Å². The van der Waals surface area contributed by atoms with Gasteiger partial charge in [0, 0.05) is 38.4 Å². The van der Waals surface area contributed by atoms with Crippen molar-refractivity contribution in [2.24, 2.45) is 0 Å². The van der Waals surface area contributed by atoms with Gasteiger partial charge in [-0.1, -0.05) is 0 Å². The predicted molar refractivity (Wildman–Crippen MR) is 107 cm³/mol. The summed E-state index contributed by atoms with van der Waals surface area (Å²) in [6.45, 7) is 3.86. The van der Waals surface area contributed by atoms with Crippen molar-refractivity contribution < 1.29 is 27.6 Å². The third-order valence-electron chi connectivity index (χ3n) is 4.92. The number of carbonyl (C=O) groups is 1. The van der Waals surface area contributed by atoms with Crippen molar-refractivity contribution in [1.29, 1.82) is 0 Å². The average Bonchev–Trinajstić information content (AvgIpc) is 2.99. The third-order valence-corrected chi connectivity index (χ3v) is 4.92. The first-order valence-corrected chi connectivity index (χ1v) is 9.69. The van der Waals surface area contributed by atoms with E-state index < -0.39 is 28.3 Å². The fourth-order valence-corrected chi connectivity index (χ4v) is 3.41. The maximum atomic E-state index is 13.0. The number of alkyl halides is 3. The number of hydrogen-bond donors (Lipinski definition) is 0. The highest BCUT2D eigenvalue weighted by atomic mass is 19.4. The third kappa shape index (κ3) is 5.22. The van der Waals surface area contributed by atoms with Crippen LogP contribution in [0.4, 0.5) is 30.4 Å². The van der Waals surface area contributed by atoms with Gasteiger partial charge in [-0.3, -0.25) is 10.1 Å². The smallest absolute Gasteiger partial charge is 0.416 e. The van der Waals surface area contributed by atoms with Crippen molar-refractivity contribution in [1.82, 2.24) is 4.98 Å². The Hall–Kier alpha value is -3.37. The Morgan fingerprint density at radius 3 is 2.48 bits per heavy atom. The minimum absolute atomic E-state index is 0.158. The summed E-state index contributed by atoms with van der Waals surface area (Å²) in [6, 6.07) is 5.91. The van der Waals surface area contributed by atoms with Crippen LogP contribution in [0.2, 0.25) is 0 Å². The molecule has 0 bridgehead atoms. The van der Waals surface area contributed by atoms with Gasteiger partial charge >= 0.3 is 12.1 Å². The van der Waals surface area contributed by atoms with E-state index >= 15 is 0 Å². The Kier molecular flexibility index (Phi) is 6.62. The van der Waals surface area contributed by atoms with Crippen LogP contribution in [0.3, 0.4) is 0 Å². The number of benzene rings is 1. The maximum absolute atomic E-state index is 13.0. The van der Waals surface area contributed by atoms with Crippen LogP contribution in [-0.4, -0.2) is 48.7 Å². The molecule has 0 N–H and O–H groups in total. The molecular weight excluding hydrogens is 417 g/mol. The number of hydrogen-bond acceptors (Lipinski definition) is 7. The van der Waals surface area contributed by atoms with E-state index in [2.05, 4.69) is 4.98 Å². The van der Waals surface area contributed by atoms with Gasteiger partial charge < -0.3 is 14.5 Å². The van der Waals surface area contributed by atoms with Gasteiger partial charge in [-0.05, 0) is 37.6 Å². The van der Waals surface area contributed by atoms with Crippen molar-refractivity contribution in [2.45, 2.75) is 19.5 Å². The number of rotatable bonds is 5. The van der Waals surface area contributed by atoms with Crippen LogP contribution in [0.25, 0.3) is 0 Å². The lowest BCUT2D eigenvalue weighted by atomic mass is 10.1. The summed E-state index contributed by atoms with van der Waals surface area (Å²) in [5, 5.41) is 11.4. The van der Waals surface area contributed by atoms with Gasteiger partial charge in [0.05, 0.1) is 22.7 Å². The minimum atomic E-state index is -4.65. The monoisotopic (exact) mass is 438 g/mol. The van der Waals surface area contributed by atoms with Crippen molar-refractivity contribution in [3.05, 3.63) is 57.8 Å². The molecule has 11 heteroatoms. The number of nitro benzene ring substituents is 1. The Balaban J connectivity index is 1.76. The summed E-state index contributed by atoms with van der Waals surface area (Å²) in [5.74, 6) is 0.176. The van der Waals surface area contributed by atoms with Gasteiger partial charge in [0.2, 0.25) is 0 Å². The fourth-order valence-electron chi connectivity index (χ4n) is 3.41. The Morgan fingerprint density at radius 2 is 1.87 bits per heavy atom. The van der Waals surface area contributed by atoms with E-state index in [1.54, 1.807) is 24.0 Å². The van der Waals surface area contributed by atoms with Crippen LogP contribution in [0, 0.1) is 10.1 Å². The van der Waals surface area contributed by atoms with Crippen LogP contribution in [0.15, 0.2) is 36.5 Å². The van der Waals surface area contributed by atoms with Gasteiger partial charge in [0.1, 0.15) is 11.5 Å². The summed E-state index contributed by atoms with van der Waals surface area (Å²) in [6.07, 6.45) is -2.60. The van der Waals surface area contributed by atoms with Gasteiger partial charge in [0.15, 0.2) is 0 Å². The van der Waals surface area contributed by atoms with E-state index in [1.807, 2.05) is 4.90 Å². The molecule has 0 atom stereocenters. The standard InChI is InChI=1S/C20H21F3N4O4/c1-2-31-19(28)14-4-7-18(24-13-14)26-9-3-8-25(10-11-26)16-6-5-15(20(21,22)23)12-17(16)27(29)30/h4-7,12-13H,2-3,8-11H2,1H3. The van der Waals surface area contributed by atoms with Gasteiger partial charge in [-0.15, -0.1) is 0 Å². The van der Waals surface area contributed by atoms with E-state index in [9.17, 15) is 28.1 Å². The number of anilines is 2. The van der Waals surface area contributed by atoms with E-state index in [-0.39, 0.29) is 12.3 Å². The number of nitrogens with zero attached hydrogens (tertiary/aromatic N) is 4. The van der Waals surface area contributed by atoms with E-state index in [1.165, 1.54) is 6.20 Å². The molecule has 0 radical (unpaired) electrons. The summed E-state index contributed by atoms with van der Waals surface area (Å²) >= 11 is 0. The number of aromatic nitrogens is 1. The Morgan fingerprint density at radius 1 is 1.16 bits per heavy atom.